The van der Waals surface area contributed by atoms with E-state index in [1.165, 1.54) is 0 Å². The quantitative estimate of drug-likeness (QED) is 0.790. The molecule has 5 heteroatoms. The zero-order chi connectivity index (χ0) is 10.8. The molecule has 80 valence electrons. The second kappa shape index (κ2) is 3.86. The van der Waals surface area contributed by atoms with Gasteiger partial charge in [0.15, 0.2) is 5.82 Å². The summed E-state index contributed by atoms with van der Waals surface area (Å²) in [4.78, 5) is 8.20. The third-order valence-corrected chi connectivity index (χ3v) is 2.46. The van der Waals surface area contributed by atoms with Crippen molar-refractivity contribution in [3.8, 4) is 0 Å². The molecule has 0 amide bonds. The zero-order valence-corrected chi connectivity index (χ0v) is 8.72. The second-order valence-corrected chi connectivity index (χ2v) is 3.57. The van der Waals surface area contributed by atoms with Gasteiger partial charge in [-0.2, -0.15) is 0 Å². The lowest BCUT2D eigenvalue weighted by Gasteiger charge is -2.12. The Labute approximate surface area is 88.1 Å². The maximum Gasteiger partial charge on any atom is 0.151 e. The van der Waals surface area contributed by atoms with Gasteiger partial charge in [-0.05, 0) is 12.5 Å². The number of pyridine rings is 1. The average Bonchev–Trinajstić information content (AvgIpc) is 2.63. The number of rotatable bonds is 3. The van der Waals surface area contributed by atoms with Crippen LogP contribution in [-0.2, 0) is 0 Å². The molecule has 0 fully saturated rings. The minimum atomic E-state index is -0.0400. The van der Waals surface area contributed by atoms with Crippen molar-refractivity contribution in [2.75, 3.05) is 5.73 Å². The number of hydrogen-bond donors (Lipinski definition) is 2. The fourth-order valence-corrected chi connectivity index (χ4v) is 1.68. The predicted molar refractivity (Wildman–Crippen MR) is 60.1 cm³/mol. The first-order valence-corrected chi connectivity index (χ1v) is 5.06. The molecule has 1 unspecified atom stereocenters. The van der Waals surface area contributed by atoms with Gasteiger partial charge in [-0.25, -0.2) is 9.97 Å². The minimum absolute atomic E-state index is 0.0400. The Morgan fingerprint density at radius 1 is 1.47 bits per heavy atom. The van der Waals surface area contributed by atoms with Crippen molar-refractivity contribution in [3.05, 3.63) is 18.6 Å². The molecule has 2 rings (SSSR count). The molecular weight excluding hydrogens is 190 g/mol. The van der Waals surface area contributed by atoms with Gasteiger partial charge >= 0.3 is 0 Å². The Balaban J connectivity index is 2.49. The van der Waals surface area contributed by atoms with E-state index < -0.39 is 0 Å². The molecule has 2 aromatic rings. The zero-order valence-electron chi connectivity index (χ0n) is 8.72. The minimum Gasteiger partial charge on any atom is -0.382 e. The highest BCUT2D eigenvalue weighted by atomic mass is 15.1. The van der Waals surface area contributed by atoms with Crippen LogP contribution in [0.3, 0.4) is 0 Å². The summed E-state index contributed by atoms with van der Waals surface area (Å²) < 4.78 is 1.94. The predicted octanol–water partition coefficient (Wildman–Crippen LogP) is 1.27. The largest absolute Gasteiger partial charge is 0.382 e. The second-order valence-electron chi connectivity index (χ2n) is 3.57. The van der Waals surface area contributed by atoms with Crippen LogP contribution in [0, 0.1) is 0 Å². The standard InChI is InChI=1S/C10H15N5/c1-2-3-8(11)15-6-14-9-7(15)4-5-13-10(9)12/h4-6,8H,2-3,11H2,1H3,(H2,12,13). The van der Waals surface area contributed by atoms with E-state index in [2.05, 4.69) is 16.9 Å². The molecule has 0 saturated heterocycles. The number of nitrogen functional groups attached to an aromatic ring is 1. The Morgan fingerprint density at radius 2 is 2.27 bits per heavy atom. The van der Waals surface area contributed by atoms with Crippen LogP contribution in [0.25, 0.3) is 11.0 Å². The topological polar surface area (TPSA) is 82.8 Å². The maximum atomic E-state index is 6.03. The number of nitrogens with zero attached hydrogens (tertiary/aromatic N) is 3. The molecule has 0 bridgehead atoms. The smallest absolute Gasteiger partial charge is 0.151 e. The van der Waals surface area contributed by atoms with Crippen LogP contribution < -0.4 is 11.5 Å². The summed E-state index contributed by atoms with van der Waals surface area (Å²) in [6.45, 7) is 2.11. The van der Waals surface area contributed by atoms with E-state index in [1.807, 2.05) is 10.6 Å². The molecule has 0 aromatic carbocycles. The fourth-order valence-electron chi connectivity index (χ4n) is 1.68. The van der Waals surface area contributed by atoms with Gasteiger partial charge in [0.25, 0.3) is 0 Å². The van der Waals surface area contributed by atoms with Crippen molar-refractivity contribution in [1.29, 1.82) is 0 Å². The van der Waals surface area contributed by atoms with Gasteiger partial charge in [0, 0.05) is 6.20 Å². The third kappa shape index (κ3) is 1.66. The molecule has 15 heavy (non-hydrogen) atoms. The summed E-state index contributed by atoms with van der Waals surface area (Å²) in [6, 6.07) is 1.88. The van der Waals surface area contributed by atoms with E-state index in [4.69, 9.17) is 11.5 Å². The number of anilines is 1. The first-order valence-electron chi connectivity index (χ1n) is 5.06. The molecule has 0 aliphatic rings. The monoisotopic (exact) mass is 205 g/mol. The van der Waals surface area contributed by atoms with Crippen LogP contribution in [-0.4, -0.2) is 14.5 Å². The van der Waals surface area contributed by atoms with E-state index in [0.29, 0.717) is 5.82 Å². The Hall–Kier alpha value is -1.62. The van der Waals surface area contributed by atoms with Gasteiger partial charge in [-0.1, -0.05) is 13.3 Å². The number of fused-ring (bicyclic) bond motifs is 1. The molecule has 0 spiro atoms. The average molecular weight is 205 g/mol. The van der Waals surface area contributed by atoms with Crippen molar-refractivity contribution in [2.45, 2.75) is 25.9 Å². The highest BCUT2D eigenvalue weighted by Crippen LogP contribution is 2.20. The van der Waals surface area contributed by atoms with E-state index in [0.717, 1.165) is 23.9 Å². The molecule has 4 N–H and O–H groups in total. The molecule has 0 aliphatic carbocycles. The highest BCUT2D eigenvalue weighted by Gasteiger charge is 2.10. The van der Waals surface area contributed by atoms with Crippen molar-refractivity contribution in [1.82, 2.24) is 14.5 Å². The van der Waals surface area contributed by atoms with Crippen molar-refractivity contribution in [2.24, 2.45) is 5.73 Å². The lowest BCUT2D eigenvalue weighted by Crippen LogP contribution is -2.17. The van der Waals surface area contributed by atoms with E-state index in [-0.39, 0.29) is 6.17 Å². The first kappa shape index (κ1) is 9.92. The molecule has 2 heterocycles. The fraction of sp³-hybridized carbons (Fsp3) is 0.400. The molecule has 5 nitrogen and oxygen atoms in total. The molecule has 0 aliphatic heterocycles. The van der Waals surface area contributed by atoms with Crippen LogP contribution in [0.5, 0.6) is 0 Å². The van der Waals surface area contributed by atoms with Crippen molar-refractivity contribution in [3.63, 3.8) is 0 Å². The summed E-state index contributed by atoms with van der Waals surface area (Å²) in [7, 11) is 0. The summed E-state index contributed by atoms with van der Waals surface area (Å²) in [5, 5.41) is 0. The van der Waals surface area contributed by atoms with Gasteiger partial charge < -0.3 is 16.0 Å². The first-order chi connectivity index (χ1) is 7.24. The Bertz CT molecular complexity index is 462. The number of aromatic nitrogens is 3. The van der Waals surface area contributed by atoms with Gasteiger partial charge in [0.2, 0.25) is 0 Å². The number of hydrogen-bond acceptors (Lipinski definition) is 4. The number of imidazole rings is 1. The van der Waals surface area contributed by atoms with Gasteiger partial charge in [0.05, 0.1) is 18.0 Å². The maximum absolute atomic E-state index is 6.03. The summed E-state index contributed by atoms with van der Waals surface area (Å²) in [6.07, 6.45) is 5.33. The summed E-state index contributed by atoms with van der Waals surface area (Å²) >= 11 is 0. The molecular formula is C10H15N5. The van der Waals surface area contributed by atoms with Crippen LogP contribution in [0.15, 0.2) is 18.6 Å². The van der Waals surface area contributed by atoms with Gasteiger partial charge in [0.1, 0.15) is 5.52 Å². The Morgan fingerprint density at radius 3 is 3.00 bits per heavy atom. The summed E-state index contributed by atoms with van der Waals surface area (Å²) in [5.74, 6) is 0.454. The van der Waals surface area contributed by atoms with Crippen LogP contribution in [0.4, 0.5) is 5.82 Å². The number of nitrogens with two attached hydrogens (primary N) is 2. The summed E-state index contributed by atoms with van der Waals surface area (Å²) in [5.41, 5.74) is 13.4. The highest BCUT2D eigenvalue weighted by molar-refractivity contribution is 5.84. The van der Waals surface area contributed by atoms with Crippen LogP contribution >= 0.6 is 0 Å². The van der Waals surface area contributed by atoms with Gasteiger partial charge in [-0.3, -0.25) is 0 Å². The molecule has 1 atom stereocenters. The van der Waals surface area contributed by atoms with Crippen molar-refractivity contribution >= 4 is 16.9 Å². The normalized spacial score (nSPS) is 13.2. The SMILES string of the molecule is CCCC(N)n1cnc2c(N)nccc21. The van der Waals surface area contributed by atoms with Gasteiger partial charge in [-0.15, -0.1) is 0 Å². The lowest BCUT2D eigenvalue weighted by atomic mass is 10.2. The van der Waals surface area contributed by atoms with Crippen molar-refractivity contribution < 1.29 is 0 Å². The van der Waals surface area contributed by atoms with Crippen LogP contribution in [0.2, 0.25) is 0 Å². The Kier molecular flexibility index (Phi) is 2.55. The molecule has 0 radical (unpaired) electrons. The van der Waals surface area contributed by atoms with E-state index in [9.17, 15) is 0 Å². The third-order valence-electron chi connectivity index (χ3n) is 2.46. The molecule has 0 saturated carbocycles. The van der Waals surface area contributed by atoms with E-state index >= 15 is 0 Å². The van der Waals surface area contributed by atoms with Crippen LogP contribution in [0.1, 0.15) is 25.9 Å². The van der Waals surface area contributed by atoms with E-state index in [1.54, 1.807) is 12.5 Å². The lowest BCUT2D eigenvalue weighted by molar-refractivity contribution is 0.489. The molecule has 2 aromatic heterocycles.